The van der Waals surface area contributed by atoms with Gasteiger partial charge in [0, 0.05) is 17.1 Å². The van der Waals surface area contributed by atoms with Gasteiger partial charge in [0.15, 0.2) is 0 Å². The molecule has 0 amide bonds. The first-order chi connectivity index (χ1) is 8.69. The summed E-state index contributed by atoms with van der Waals surface area (Å²) in [7, 11) is 0. The SMILES string of the molecule is CCCC(CNC1CC1)Oc1ccc(Br)c(C)c1. The Morgan fingerprint density at radius 3 is 2.83 bits per heavy atom. The molecule has 0 radical (unpaired) electrons. The number of rotatable bonds is 7. The van der Waals surface area contributed by atoms with Gasteiger partial charge in [-0.15, -0.1) is 0 Å². The van der Waals surface area contributed by atoms with Gasteiger partial charge in [-0.25, -0.2) is 0 Å². The Morgan fingerprint density at radius 2 is 2.22 bits per heavy atom. The Bertz CT molecular complexity index is 390. The highest BCUT2D eigenvalue weighted by Crippen LogP contribution is 2.23. The van der Waals surface area contributed by atoms with Crippen molar-refractivity contribution in [1.29, 1.82) is 0 Å². The summed E-state index contributed by atoms with van der Waals surface area (Å²) in [6, 6.07) is 6.95. The summed E-state index contributed by atoms with van der Waals surface area (Å²) in [5.41, 5.74) is 1.22. The van der Waals surface area contributed by atoms with Crippen LogP contribution in [0.3, 0.4) is 0 Å². The van der Waals surface area contributed by atoms with Crippen LogP contribution in [0.5, 0.6) is 5.75 Å². The van der Waals surface area contributed by atoms with Crippen LogP contribution in [0.2, 0.25) is 0 Å². The fourth-order valence-electron chi connectivity index (χ4n) is 1.99. The first-order valence-corrected chi connectivity index (χ1v) is 7.64. The maximum absolute atomic E-state index is 6.09. The lowest BCUT2D eigenvalue weighted by molar-refractivity contribution is 0.186. The molecule has 1 saturated carbocycles. The second-order valence-electron chi connectivity index (χ2n) is 5.12. The second kappa shape index (κ2) is 6.58. The van der Waals surface area contributed by atoms with E-state index in [1.165, 1.54) is 18.4 Å². The third-order valence-corrected chi connectivity index (χ3v) is 4.14. The number of aryl methyl sites for hydroxylation is 1. The maximum Gasteiger partial charge on any atom is 0.120 e. The van der Waals surface area contributed by atoms with Gasteiger partial charge in [0.25, 0.3) is 0 Å². The zero-order chi connectivity index (χ0) is 13.0. The Balaban J connectivity index is 1.90. The molecule has 0 heterocycles. The molecule has 1 N–H and O–H groups in total. The van der Waals surface area contributed by atoms with E-state index < -0.39 is 0 Å². The van der Waals surface area contributed by atoms with E-state index in [1.807, 2.05) is 6.07 Å². The van der Waals surface area contributed by atoms with E-state index in [0.29, 0.717) is 0 Å². The highest BCUT2D eigenvalue weighted by molar-refractivity contribution is 9.10. The molecule has 1 fully saturated rings. The first-order valence-electron chi connectivity index (χ1n) is 6.85. The maximum atomic E-state index is 6.09. The summed E-state index contributed by atoms with van der Waals surface area (Å²) in [5.74, 6) is 0.978. The van der Waals surface area contributed by atoms with Crippen molar-refractivity contribution < 1.29 is 4.74 Å². The molecule has 0 aromatic heterocycles. The Labute approximate surface area is 118 Å². The molecule has 2 rings (SSSR count). The van der Waals surface area contributed by atoms with Gasteiger partial charge in [-0.05, 0) is 49.9 Å². The topological polar surface area (TPSA) is 21.3 Å². The normalized spacial score (nSPS) is 16.6. The molecule has 18 heavy (non-hydrogen) atoms. The number of hydrogen-bond donors (Lipinski definition) is 1. The van der Waals surface area contributed by atoms with Crippen LogP contribution in [0.4, 0.5) is 0 Å². The molecule has 0 aliphatic heterocycles. The Morgan fingerprint density at radius 1 is 1.44 bits per heavy atom. The molecule has 100 valence electrons. The number of benzene rings is 1. The first kappa shape index (κ1) is 13.9. The molecule has 2 nitrogen and oxygen atoms in total. The van der Waals surface area contributed by atoms with Gasteiger partial charge in [-0.1, -0.05) is 29.3 Å². The third-order valence-electron chi connectivity index (χ3n) is 3.25. The van der Waals surface area contributed by atoms with Crippen molar-refractivity contribution >= 4 is 15.9 Å². The van der Waals surface area contributed by atoms with Crippen LogP contribution < -0.4 is 10.1 Å². The van der Waals surface area contributed by atoms with Crippen LogP contribution in [0, 0.1) is 6.92 Å². The average molecular weight is 312 g/mol. The standard InChI is InChI=1S/C15H22BrNO/c1-3-4-14(10-17-12-5-6-12)18-13-7-8-15(16)11(2)9-13/h7-9,12,14,17H,3-6,10H2,1-2H3. The van der Waals surface area contributed by atoms with Crippen LogP contribution in [-0.4, -0.2) is 18.7 Å². The van der Waals surface area contributed by atoms with Gasteiger partial charge >= 0.3 is 0 Å². The Hall–Kier alpha value is -0.540. The highest BCUT2D eigenvalue weighted by atomic mass is 79.9. The third kappa shape index (κ3) is 4.29. The molecular weight excluding hydrogens is 290 g/mol. The predicted molar refractivity (Wildman–Crippen MR) is 79.2 cm³/mol. The molecule has 1 atom stereocenters. The van der Waals surface area contributed by atoms with Crippen molar-refractivity contribution in [3.8, 4) is 5.75 Å². The molecule has 0 spiro atoms. The fourth-order valence-corrected chi connectivity index (χ4v) is 2.24. The summed E-state index contributed by atoms with van der Waals surface area (Å²) in [6.45, 7) is 5.27. The van der Waals surface area contributed by atoms with Gasteiger partial charge in [-0.2, -0.15) is 0 Å². The van der Waals surface area contributed by atoms with Gasteiger partial charge < -0.3 is 10.1 Å². The molecule has 1 aliphatic carbocycles. The summed E-state index contributed by atoms with van der Waals surface area (Å²) >= 11 is 3.52. The van der Waals surface area contributed by atoms with E-state index in [4.69, 9.17) is 4.74 Å². The summed E-state index contributed by atoms with van der Waals surface area (Å²) in [6.07, 6.45) is 5.21. The van der Waals surface area contributed by atoms with Gasteiger partial charge in [-0.3, -0.25) is 0 Å². The second-order valence-corrected chi connectivity index (χ2v) is 5.98. The zero-order valence-electron chi connectivity index (χ0n) is 11.2. The van der Waals surface area contributed by atoms with Crippen molar-refractivity contribution in [1.82, 2.24) is 5.32 Å². The summed E-state index contributed by atoms with van der Waals surface area (Å²) in [5, 5.41) is 3.55. The van der Waals surface area contributed by atoms with E-state index in [2.05, 4.69) is 47.2 Å². The highest BCUT2D eigenvalue weighted by Gasteiger charge is 2.22. The minimum absolute atomic E-state index is 0.288. The largest absolute Gasteiger partial charge is 0.489 e. The molecule has 1 aromatic carbocycles. The van der Waals surface area contributed by atoms with E-state index in [-0.39, 0.29) is 6.10 Å². The van der Waals surface area contributed by atoms with Gasteiger partial charge in [0.2, 0.25) is 0 Å². The molecule has 0 saturated heterocycles. The van der Waals surface area contributed by atoms with Crippen molar-refractivity contribution in [3.05, 3.63) is 28.2 Å². The van der Waals surface area contributed by atoms with Crippen LogP contribution in [-0.2, 0) is 0 Å². The smallest absolute Gasteiger partial charge is 0.120 e. The summed E-state index contributed by atoms with van der Waals surface area (Å²) in [4.78, 5) is 0. The lowest BCUT2D eigenvalue weighted by Gasteiger charge is -2.19. The molecule has 3 heteroatoms. The lowest BCUT2D eigenvalue weighted by Crippen LogP contribution is -2.32. The van der Waals surface area contributed by atoms with E-state index in [1.54, 1.807) is 0 Å². The lowest BCUT2D eigenvalue weighted by atomic mass is 10.2. The average Bonchev–Trinajstić information content (AvgIpc) is 3.15. The van der Waals surface area contributed by atoms with E-state index >= 15 is 0 Å². The summed E-state index contributed by atoms with van der Waals surface area (Å²) < 4.78 is 7.22. The molecule has 1 unspecified atom stereocenters. The number of halogens is 1. The molecular formula is C15H22BrNO. The predicted octanol–water partition coefficient (Wildman–Crippen LogP) is 4.06. The monoisotopic (exact) mass is 311 g/mol. The molecule has 1 aromatic rings. The van der Waals surface area contributed by atoms with E-state index in [9.17, 15) is 0 Å². The number of nitrogens with one attached hydrogen (secondary N) is 1. The fraction of sp³-hybridized carbons (Fsp3) is 0.600. The number of ether oxygens (including phenoxy) is 1. The van der Waals surface area contributed by atoms with Crippen LogP contribution in [0.15, 0.2) is 22.7 Å². The zero-order valence-corrected chi connectivity index (χ0v) is 12.8. The number of hydrogen-bond acceptors (Lipinski definition) is 2. The van der Waals surface area contributed by atoms with Crippen molar-refractivity contribution in [3.63, 3.8) is 0 Å². The Kier molecular flexibility index (Phi) is 5.07. The van der Waals surface area contributed by atoms with E-state index in [0.717, 1.165) is 35.7 Å². The molecule has 0 bridgehead atoms. The quantitative estimate of drug-likeness (QED) is 0.820. The van der Waals surface area contributed by atoms with Crippen LogP contribution in [0.1, 0.15) is 38.2 Å². The van der Waals surface area contributed by atoms with Crippen molar-refractivity contribution in [2.45, 2.75) is 51.7 Å². The van der Waals surface area contributed by atoms with Gasteiger partial charge in [0.1, 0.15) is 11.9 Å². The van der Waals surface area contributed by atoms with Crippen molar-refractivity contribution in [2.24, 2.45) is 0 Å². The molecule has 1 aliphatic rings. The minimum atomic E-state index is 0.288. The minimum Gasteiger partial charge on any atom is -0.489 e. The van der Waals surface area contributed by atoms with Gasteiger partial charge in [0.05, 0.1) is 0 Å². The van der Waals surface area contributed by atoms with Crippen LogP contribution in [0.25, 0.3) is 0 Å². The van der Waals surface area contributed by atoms with Crippen molar-refractivity contribution in [2.75, 3.05) is 6.54 Å². The van der Waals surface area contributed by atoms with Crippen LogP contribution >= 0.6 is 15.9 Å².